The van der Waals surface area contributed by atoms with Gasteiger partial charge in [-0.1, -0.05) is 0 Å². The fourth-order valence-electron chi connectivity index (χ4n) is 1.77. The van der Waals surface area contributed by atoms with Gasteiger partial charge in [-0.15, -0.1) is 0 Å². The first-order chi connectivity index (χ1) is 9.94. The summed E-state index contributed by atoms with van der Waals surface area (Å²) in [6.07, 6.45) is 1.44. The average molecular weight is 310 g/mol. The summed E-state index contributed by atoms with van der Waals surface area (Å²) in [6, 6.07) is 3.35. The van der Waals surface area contributed by atoms with E-state index < -0.39 is 10.0 Å². The summed E-state index contributed by atoms with van der Waals surface area (Å²) < 4.78 is 32.4. The molecule has 0 radical (unpaired) electrons. The SMILES string of the molecule is CCNc1cccnc1S(=O)(=O)NCc1nc(C)c(C)o1. The van der Waals surface area contributed by atoms with Gasteiger partial charge in [-0.25, -0.2) is 23.1 Å². The molecule has 0 atom stereocenters. The number of nitrogens with one attached hydrogen (secondary N) is 2. The molecule has 0 amide bonds. The Morgan fingerprint density at radius 2 is 2.10 bits per heavy atom. The molecular weight excluding hydrogens is 292 g/mol. The van der Waals surface area contributed by atoms with E-state index in [4.69, 9.17) is 4.42 Å². The van der Waals surface area contributed by atoms with Crippen molar-refractivity contribution in [3.8, 4) is 0 Å². The number of hydrogen-bond acceptors (Lipinski definition) is 6. The second kappa shape index (κ2) is 6.23. The van der Waals surface area contributed by atoms with Crippen molar-refractivity contribution in [1.29, 1.82) is 0 Å². The maximum Gasteiger partial charge on any atom is 0.260 e. The van der Waals surface area contributed by atoms with Crippen LogP contribution in [0, 0.1) is 13.8 Å². The lowest BCUT2D eigenvalue weighted by Crippen LogP contribution is -2.25. The number of hydrogen-bond donors (Lipinski definition) is 2. The Morgan fingerprint density at radius 3 is 2.71 bits per heavy atom. The van der Waals surface area contributed by atoms with Gasteiger partial charge in [0.15, 0.2) is 5.03 Å². The molecule has 0 saturated carbocycles. The smallest absolute Gasteiger partial charge is 0.260 e. The molecule has 0 aliphatic heterocycles. The molecular formula is C13H18N4O3S. The van der Waals surface area contributed by atoms with E-state index in [1.807, 2.05) is 6.92 Å². The van der Waals surface area contributed by atoms with Crippen LogP contribution in [0.1, 0.15) is 24.3 Å². The van der Waals surface area contributed by atoms with E-state index in [1.165, 1.54) is 6.20 Å². The van der Waals surface area contributed by atoms with Crippen molar-refractivity contribution in [2.24, 2.45) is 0 Å². The maximum atomic E-state index is 12.3. The molecule has 0 bridgehead atoms. The zero-order valence-electron chi connectivity index (χ0n) is 12.2. The molecule has 7 nitrogen and oxygen atoms in total. The van der Waals surface area contributed by atoms with Crippen LogP contribution in [0.3, 0.4) is 0 Å². The van der Waals surface area contributed by atoms with Crippen molar-refractivity contribution in [3.63, 3.8) is 0 Å². The number of anilines is 1. The van der Waals surface area contributed by atoms with Gasteiger partial charge < -0.3 is 9.73 Å². The number of nitrogens with zero attached hydrogens (tertiary/aromatic N) is 2. The molecule has 0 aromatic carbocycles. The summed E-state index contributed by atoms with van der Waals surface area (Å²) in [5.74, 6) is 1.00. The van der Waals surface area contributed by atoms with E-state index in [9.17, 15) is 8.42 Å². The zero-order valence-corrected chi connectivity index (χ0v) is 13.0. The molecule has 21 heavy (non-hydrogen) atoms. The van der Waals surface area contributed by atoms with E-state index in [0.29, 0.717) is 23.9 Å². The van der Waals surface area contributed by atoms with E-state index in [1.54, 1.807) is 26.0 Å². The van der Waals surface area contributed by atoms with Crippen LogP contribution in [-0.4, -0.2) is 24.9 Å². The third kappa shape index (κ3) is 3.59. The monoisotopic (exact) mass is 310 g/mol. The van der Waals surface area contributed by atoms with Crippen molar-refractivity contribution < 1.29 is 12.8 Å². The molecule has 2 aromatic rings. The van der Waals surface area contributed by atoms with Crippen LogP contribution in [0.25, 0.3) is 0 Å². The van der Waals surface area contributed by atoms with E-state index in [2.05, 4.69) is 20.0 Å². The fourth-order valence-corrected chi connectivity index (χ4v) is 2.85. The first-order valence-electron chi connectivity index (χ1n) is 6.55. The lowest BCUT2D eigenvalue weighted by molar-refractivity contribution is 0.462. The predicted octanol–water partition coefficient (Wildman–Crippen LogP) is 1.60. The van der Waals surface area contributed by atoms with Gasteiger partial charge in [0.25, 0.3) is 10.0 Å². The highest BCUT2D eigenvalue weighted by atomic mass is 32.2. The van der Waals surface area contributed by atoms with Crippen molar-refractivity contribution in [2.75, 3.05) is 11.9 Å². The molecule has 0 unspecified atom stereocenters. The van der Waals surface area contributed by atoms with Gasteiger partial charge in [0, 0.05) is 12.7 Å². The van der Waals surface area contributed by atoms with Gasteiger partial charge in [0.05, 0.1) is 17.9 Å². The highest BCUT2D eigenvalue weighted by molar-refractivity contribution is 7.89. The van der Waals surface area contributed by atoms with Gasteiger partial charge in [-0.2, -0.15) is 0 Å². The third-order valence-corrected chi connectivity index (χ3v) is 4.24. The number of aryl methyl sites for hydroxylation is 2. The van der Waals surface area contributed by atoms with Crippen LogP contribution >= 0.6 is 0 Å². The second-order valence-corrected chi connectivity index (χ2v) is 6.14. The summed E-state index contributed by atoms with van der Waals surface area (Å²) in [5, 5.41) is 2.94. The minimum atomic E-state index is -3.74. The van der Waals surface area contributed by atoms with Gasteiger partial charge in [-0.05, 0) is 32.9 Å². The van der Waals surface area contributed by atoms with Gasteiger partial charge in [-0.3, -0.25) is 0 Å². The number of oxazole rings is 1. The molecule has 2 rings (SSSR count). The Kier molecular flexibility index (Phi) is 4.59. The van der Waals surface area contributed by atoms with Gasteiger partial charge >= 0.3 is 0 Å². The van der Waals surface area contributed by atoms with Crippen molar-refractivity contribution in [3.05, 3.63) is 35.7 Å². The lowest BCUT2D eigenvalue weighted by Gasteiger charge is -2.10. The molecule has 0 spiro atoms. The Morgan fingerprint density at radius 1 is 1.33 bits per heavy atom. The van der Waals surface area contributed by atoms with Crippen LogP contribution in [0.5, 0.6) is 0 Å². The standard InChI is InChI=1S/C13H18N4O3S/c1-4-14-11-6-5-7-15-13(11)21(18,19)16-8-12-17-9(2)10(3)20-12/h5-7,14,16H,4,8H2,1-3H3. The average Bonchev–Trinajstić information content (AvgIpc) is 2.77. The molecule has 2 N–H and O–H groups in total. The minimum Gasteiger partial charge on any atom is -0.444 e. The molecule has 2 heterocycles. The van der Waals surface area contributed by atoms with Crippen LogP contribution in [0.2, 0.25) is 0 Å². The van der Waals surface area contributed by atoms with Crippen molar-refractivity contribution in [1.82, 2.24) is 14.7 Å². The molecule has 8 heteroatoms. The molecule has 114 valence electrons. The third-order valence-electron chi connectivity index (χ3n) is 2.88. The van der Waals surface area contributed by atoms with Crippen LogP contribution in [-0.2, 0) is 16.6 Å². The number of pyridine rings is 1. The summed E-state index contributed by atoms with van der Waals surface area (Å²) in [6.45, 7) is 6.06. The first-order valence-corrected chi connectivity index (χ1v) is 8.04. The Labute approximate surface area is 123 Å². The Balaban J connectivity index is 2.18. The Hall–Kier alpha value is -1.93. The highest BCUT2D eigenvalue weighted by Gasteiger charge is 2.20. The molecule has 0 fully saturated rings. The van der Waals surface area contributed by atoms with Crippen molar-refractivity contribution in [2.45, 2.75) is 32.3 Å². The second-order valence-electron chi connectivity index (χ2n) is 4.46. The van der Waals surface area contributed by atoms with E-state index in [0.717, 1.165) is 5.69 Å². The van der Waals surface area contributed by atoms with Crippen LogP contribution in [0.15, 0.2) is 27.8 Å². The summed E-state index contributed by atoms with van der Waals surface area (Å²) in [7, 11) is -3.74. The largest absolute Gasteiger partial charge is 0.444 e. The Bertz CT molecular complexity index is 705. The number of sulfonamides is 1. The fraction of sp³-hybridized carbons (Fsp3) is 0.385. The topological polar surface area (TPSA) is 97.1 Å². The number of aromatic nitrogens is 2. The highest BCUT2D eigenvalue weighted by Crippen LogP contribution is 2.18. The summed E-state index contributed by atoms with van der Waals surface area (Å²) in [5.41, 5.74) is 1.21. The summed E-state index contributed by atoms with van der Waals surface area (Å²) >= 11 is 0. The maximum absolute atomic E-state index is 12.3. The normalized spacial score (nSPS) is 11.6. The van der Waals surface area contributed by atoms with Crippen LogP contribution < -0.4 is 10.0 Å². The van der Waals surface area contributed by atoms with Gasteiger partial charge in [0.2, 0.25) is 5.89 Å². The predicted molar refractivity (Wildman–Crippen MR) is 78.4 cm³/mol. The summed E-state index contributed by atoms with van der Waals surface area (Å²) in [4.78, 5) is 8.08. The molecule has 0 saturated heterocycles. The quantitative estimate of drug-likeness (QED) is 0.841. The molecule has 2 aromatic heterocycles. The lowest BCUT2D eigenvalue weighted by atomic mass is 10.4. The van der Waals surface area contributed by atoms with Crippen LogP contribution in [0.4, 0.5) is 5.69 Å². The first kappa shape index (κ1) is 15.5. The van der Waals surface area contributed by atoms with E-state index in [-0.39, 0.29) is 11.6 Å². The minimum absolute atomic E-state index is 0.0147. The molecule has 0 aliphatic carbocycles. The van der Waals surface area contributed by atoms with Crippen molar-refractivity contribution >= 4 is 15.7 Å². The zero-order chi connectivity index (χ0) is 15.5. The van der Waals surface area contributed by atoms with E-state index >= 15 is 0 Å². The molecule has 0 aliphatic rings. The van der Waals surface area contributed by atoms with Gasteiger partial charge in [0.1, 0.15) is 5.76 Å². The number of rotatable bonds is 6.